The standard InChI is InChI=1S/C16H18N2O2/c17-15(13-4-2-1-3-5-13)11-18-16(20)10-12-6-8-14(19)9-7-12/h1-9,15,19H,10-11,17H2,(H,18,20). The molecule has 0 aliphatic rings. The summed E-state index contributed by atoms with van der Waals surface area (Å²) < 4.78 is 0. The van der Waals surface area contributed by atoms with Crippen LogP contribution in [0, 0.1) is 0 Å². The van der Waals surface area contributed by atoms with Crippen molar-refractivity contribution in [1.82, 2.24) is 5.32 Å². The SMILES string of the molecule is NC(CNC(=O)Cc1ccc(O)cc1)c1ccccc1. The first-order chi connectivity index (χ1) is 9.65. The van der Waals surface area contributed by atoms with Gasteiger partial charge in [-0.1, -0.05) is 42.5 Å². The molecule has 0 bridgehead atoms. The molecule has 4 N–H and O–H groups in total. The van der Waals surface area contributed by atoms with Crippen LogP contribution in [-0.2, 0) is 11.2 Å². The molecular formula is C16H18N2O2. The van der Waals surface area contributed by atoms with Gasteiger partial charge in [0.2, 0.25) is 5.91 Å². The molecule has 2 aromatic carbocycles. The van der Waals surface area contributed by atoms with Crippen molar-refractivity contribution in [2.75, 3.05) is 6.54 Å². The summed E-state index contributed by atoms with van der Waals surface area (Å²) in [4.78, 5) is 11.8. The molecule has 0 aliphatic carbocycles. The first-order valence-corrected chi connectivity index (χ1v) is 6.50. The Balaban J connectivity index is 1.82. The zero-order valence-electron chi connectivity index (χ0n) is 11.1. The highest BCUT2D eigenvalue weighted by molar-refractivity contribution is 5.78. The topological polar surface area (TPSA) is 75.3 Å². The van der Waals surface area contributed by atoms with Crippen LogP contribution in [0.3, 0.4) is 0 Å². The maximum absolute atomic E-state index is 11.8. The lowest BCUT2D eigenvalue weighted by molar-refractivity contribution is -0.120. The molecule has 0 fully saturated rings. The molecule has 0 heterocycles. The van der Waals surface area contributed by atoms with Gasteiger partial charge in [-0.15, -0.1) is 0 Å². The number of aromatic hydroxyl groups is 1. The van der Waals surface area contributed by atoms with Gasteiger partial charge in [0.05, 0.1) is 6.42 Å². The van der Waals surface area contributed by atoms with Gasteiger partial charge < -0.3 is 16.2 Å². The molecule has 4 nitrogen and oxygen atoms in total. The van der Waals surface area contributed by atoms with E-state index in [0.29, 0.717) is 6.54 Å². The Kier molecular flexibility index (Phi) is 4.74. The first kappa shape index (κ1) is 14.1. The Hall–Kier alpha value is -2.33. The van der Waals surface area contributed by atoms with Crippen LogP contribution in [0.15, 0.2) is 54.6 Å². The zero-order valence-corrected chi connectivity index (χ0v) is 11.1. The normalized spacial score (nSPS) is 11.8. The number of benzene rings is 2. The van der Waals surface area contributed by atoms with Gasteiger partial charge in [-0.05, 0) is 23.3 Å². The van der Waals surface area contributed by atoms with Gasteiger partial charge in [0.1, 0.15) is 5.75 Å². The molecule has 0 saturated carbocycles. The van der Waals surface area contributed by atoms with Crippen LogP contribution in [0.5, 0.6) is 5.75 Å². The second-order valence-corrected chi connectivity index (χ2v) is 4.66. The highest BCUT2D eigenvalue weighted by Gasteiger charge is 2.08. The lowest BCUT2D eigenvalue weighted by Crippen LogP contribution is -2.32. The average Bonchev–Trinajstić information content (AvgIpc) is 2.48. The summed E-state index contributed by atoms with van der Waals surface area (Å²) >= 11 is 0. The van der Waals surface area contributed by atoms with Gasteiger partial charge in [-0.2, -0.15) is 0 Å². The Morgan fingerprint density at radius 1 is 1.10 bits per heavy atom. The fourth-order valence-corrected chi connectivity index (χ4v) is 1.90. The van der Waals surface area contributed by atoms with Crippen LogP contribution in [0.1, 0.15) is 17.2 Å². The van der Waals surface area contributed by atoms with Crippen LogP contribution in [0.25, 0.3) is 0 Å². The Morgan fingerprint density at radius 2 is 1.75 bits per heavy atom. The number of amides is 1. The highest BCUT2D eigenvalue weighted by atomic mass is 16.3. The smallest absolute Gasteiger partial charge is 0.224 e. The maximum Gasteiger partial charge on any atom is 0.224 e. The third-order valence-electron chi connectivity index (χ3n) is 3.05. The van der Waals surface area contributed by atoms with E-state index in [4.69, 9.17) is 5.73 Å². The van der Waals surface area contributed by atoms with Crippen molar-refractivity contribution in [3.63, 3.8) is 0 Å². The summed E-state index contributed by atoms with van der Waals surface area (Å²) in [5.74, 6) is 0.113. The minimum Gasteiger partial charge on any atom is -0.508 e. The predicted molar refractivity (Wildman–Crippen MR) is 78.2 cm³/mol. The Labute approximate surface area is 118 Å². The quantitative estimate of drug-likeness (QED) is 0.774. The predicted octanol–water partition coefficient (Wildman–Crippen LogP) is 1.75. The fourth-order valence-electron chi connectivity index (χ4n) is 1.90. The van der Waals surface area contributed by atoms with Gasteiger partial charge in [-0.25, -0.2) is 0 Å². The van der Waals surface area contributed by atoms with Crippen molar-refractivity contribution < 1.29 is 9.90 Å². The van der Waals surface area contributed by atoms with Crippen molar-refractivity contribution >= 4 is 5.91 Å². The molecule has 2 rings (SSSR count). The molecule has 0 radical (unpaired) electrons. The first-order valence-electron chi connectivity index (χ1n) is 6.50. The Morgan fingerprint density at radius 3 is 2.40 bits per heavy atom. The third-order valence-corrected chi connectivity index (χ3v) is 3.05. The average molecular weight is 270 g/mol. The molecule has 1 unspecified atom stereocenters. The van der Waals surface area contributed by atoms with Crippen molar-refractivity contribution in [3.8, 4) is 5.75 Å². The minimum absolute atomic E-state index is 0.0814. The summed E-state index contributed by atoms with van der Waals surface area (Å²) in [5.41, 5.74) is 7.86. The van der Waals surface area contributed by atoms with E-state index in [1.165, 1.54) is 0 Å². The Bertz CT molecular complexity index is 552. The molecule has 1 atom stereocenters. The van der Waals surface area contributed by atoms with E-state index in [2.05, 4.69) is 5.32 Å². The van der Waals surface area contributed by atoms with E-state index in [1.807, 2.05) is 30.3 Å². The van der Waals surface area contributed by atoms with Gasteiger partial charge >= 0.3 is 0 Å². The van der Waals surface area contributed by atoms with Crippen molar-refractivity contribution in [2.45, 2.75) is 12.5 Å². The van der Waals surface area contributed by atoms with Crippen LogP contribution >= 0.6 is 0 Å². The lowest BCUT2D eigenvalue weighted by Gasteiger charge is -2.13. The number of carbonyl (C=O) groups is 1. The molecule has 2 aromatic rings. The lowest BCUT2D eigenvalue weighted by atomic mass is 10.1. The summed E-state index contributed by atoms with van der Waals surface area (Å²) in [7, 11) is 0. The minimum atomic E-state index is -0.208. The van der Waals surface area contributed by atoms with Gasteiger partial charge in [0, 0.05) is 12.6 Å². The second-order valence-electron chi connectivity index (χ2n) is 4.66. The molecule has 4 heteroatoms. The molecule has 104 valence electrons. The van der Waals surface area contributed by atoms with Gasteiger partial charge in [0.15, 0.2) is 0 Å². The fraction of sp³-hybridized carbons (Fsp3) is 0.188. The molecular weight excluding hydrogens is 252 g/mol. The van der Waals surface area contributed by atoms with E-state index < -0.39 is 0 Å². The van der Waals surface area contributed by atoms with E-state index in [0.717, 1.165) is 11.1 Å². The molecule has 1 amide bonds. The second kappa shape index (κ2) is 6.73. The third kappa shape index (κ3) is 4.10. The molecule has 0 spiro atoms. The zero-order chi connectivity index (χ0) is 14.4. The highest BCUT2D eigenvalue weighted by Crippen LogP contribution is 2.10. The molecule has 0 saturated heterocycles. The summed E-state index contributed by atoms with van der Waals surface area (Å²) in [6, 6.07) is 16.0. The molecule has 20 heavy (non-hydrogen) atoms. The number of hydrogen-bond acceptors (Lipinski definition) is 3. The van der Waals surface area contributed by atoms with Crippen LogP contribution in [0.2, 0.25) is 0 Å². The number of phenolic OH excluding ortho intramolecular Hbond substituents is 1. The molecule has 0 aliphatic heterocycles. The number of nitrogens with two attached hydrogens (primary N) is 1. The largest absolute Gasteiger partial charge is 0.508 e. The van der Waals surface area contributed by atoms with E-state index in [1.54, 1.807) is 24.3 Å². The number of phenols is 1. The van der Waals surface area contributed by atoms with E-state index in [9.17, 15) is 9.90 Å². The van der Waals surface area contributed by atoms with E-state index >= 15 is 0 Å². The van der Waals surface area contributed by atoms with Crippen molar-refractivity contribution in [2.24, 2.45) is 5.73 Å². The summed E-state index contributed by atoms with van der Waals surface area (Å²) in [5, 5.41) is 12.0. The number of nitrogens with one attached hydrogen (secondary N) is 1. The number of rotatable bonds is 5. The monoisotopic (exact) mass is 270 g/mol. The van der Waals surface area contributed by atoms with Crippen LogP contribution < -0.4 is 11.1 Å². The molecule has 0 aromatic heterocycles. The van der Waals surface area contributed by atoms with Crippen LogP contribution in [-0.4, -0.2) is 17.6 Å². The number of carbonyl (C=O) groups excluding carboxylic acids is 1. The van der Waals surface area contributed by atoms with Crippen molar-refractivity contribution in [1.29, 1.82) is 0 Å². The van der Waals surface area contributed by atoms with Crippen molar-refractivity contribution in [3.05, 3.63) is 65.7 Å². The summed E-state index contributed by atoms with van der Waals surface area (Å²) in [6.07, 6.45) is 0.280. The van der Waals surface area contributed by atoms with Gasteiger partial charge in [0.25, 0.3) is 0 Å². The van der Waals surface area contributed by atoms with Gasteiger partial charge in [-0.3, -0.25) is 4.79 Å². The van der Waals surface area contributed by atoms with Crippen LogP contribution in [0.4, 0.5) is 0 Å². The van der Waals surface area contributed by atoms with E-state index in [-0.39, 0.29) is 24.1 Å². The maximum atomic E-state index is 11.8. The summed E-state index contributed by atoms with van der Waals surface area (Å²) in [6.45, 7) is 0.404. The number of hydrogen-bond donors (Lipinski definition) is 3.